The predicted molar refractivity (Wildman–Crippen MR) is 85.4 cm³/mol. The summed E-state index contributed by atoms with van der Waals surface area (Å²) in [5.74, 6) is 0.190. The van der Waals surface area contributed by atoms with Crippen LogP contribution >= 0.6 is 15.9 Å². The number of likely N-dealkylation sites (tertiary alicyclic amines) is 1. The lowest BCUT2D eigenvalue weighted by Gasteiger charge is -2.32. The van der Waals surface area contributed by atoms with Gasteiger partial charge in [0.05, 0.1) is 6.54 Å². The molecule has 0 aliphatic carbocycles. The number of benzene rings is 1. The maximum absolute atomic E-state index is 13.0. The molecule has 1 aromatic carbocycles. The number of oxime groups is 1. The van der Waals surface area contributed by atoms with Crippen LogP contribution in [0.25, 0.3) is 0 Å². The highest BCUT2D eigenvalue weighted by Gasteiger charge is 2.18. The minimum absolute atomic E-state index is 0.261. The normalized spacial score (nSPS) is 20.5. The molecule has 116 valence electrons. The number of amidine groups is 1. The van der Waals surface area contributed by atoms with Crippen LogP contribution in [0.4, 0.5) is 4.39 Å². The van der Waals surface area contributed by atoms with E-state index in [-0.39, 0.29) is 12.4 Å². The summed E-state index contributed by atoms with van der Waals surface area (Å²) in [6.45, 7) is 4.16. The van der Waals surface area contributed by atoms with E-state index in [1.165, 1.54) is 31.4 Å². The van der Waals surface area contributed by atoms with E-state index in [4.69, 9.17) is 10.6 Å². The van der Waals surface area contributed by atoms with Gasteiger partial charge in [-0.05, 0) is 38.4 Å². The molecule has 0 aromatic heterocycles. The summed E-state index contributed by atoms with van der Waals surface area (Å²) in [6.07, 6.45) is 3.70. The monoisotopic (exact) mass is 357 g/mol. The molecule has 1 aliphatic heterocycles. The second-order valence-electron chi connectivity index (χ2n) is 5.41. The molecule has 0 radical (unpaired) electrons. The smallest absolute Gasteiger partial charge is 0.153 e. The lowest BCUT2D eigenvalue weighted by atomic mass is 10.0. The number of rotatable bonds is 5. The van der Waals surface area contributed by atoms with Gasteiger partial charge in [-0.15, -0.1) is 0 Å². The lowest BCUT2D eigenvalue weighted by molar-refractivity contribution is 0.125. The van der Waals surface area contributed by atoms with Crippen LogP contribution in [0.1, 0.15) is 31.7 Å². The van der Waals surface area contributed by atoms with Crippen LogP contribution in [0.3, 0.4) is 0 Å². The average Bonchev–Trinajstić information content (AvgIpc) is 2.44. The van der Waals surface area contributed by atoms with E-state index >= 15 is 0 Å². The molecule has 0 amide bonds. The Hall–Kier alpha value is -1.14. The predicted octanol–water partition coefficient (Wildman–Crippen LogP) is 3.25. The Labute approximate surface area is 133 Å². The molecule has 1 atom stereocenters. The van der Waals surface area contributed by atoms with E-state index < -0.39 is 0 Å². The molecule has 1 fully saturated rings. The summed E-state index contributed by atoms with van der Waals surface area (Å²) in [4.78, 5) is 7.58. The van der Waals surface area contributed by atoms with E-state index in [0.717, 1.165) is 12.1 Å². The summed E-state index contributed by atoms with van der Waals surface area (Å²) in [7, 11) is 0. The van der Waals surface area contributed by atoms with Gasteiger partial charge in [-0.25, -0.2) is 4.39 Å². The van der Waals surface area contributed by atoms with E-state index in [0.29, 0.717) is 22.9 Å². The van der Waals surface area contributed by atoms with E-state index in [9.17, 15) is 4.39 Å². The number of halogens is 2. The van der Waals surface area contributed by atoms with Crippen molar-refractivity contribution < 1.29 is 9.23 Å². The lowest BCUT2D eigenvalue weighted by Crippen LogP contribution is -2.42. The van der Waals surface area contributed by atoms with Crippen molar-refractivity contribution in [3.63, 3.8) is 0 Å². The fraction of sp³-hybridized carbons (Fsp3) is 0.533. The minimum atomic E-state index is -0.285. The second-order valence-corrected chi connectivity index (χ2v) is 6.26. The van der Waals surface area contributed by atoms with Gasteiger partial charge in [-0.3, -0.25) is 4.90 Å². The molecule has 1 heterocycles. The number of nitrogens with zero attached hydrogens (tertiary/aromatic N) is 2. The summed E-state index contributed by atoms with van der Waals surface area (Å²) < 4.78 is 13.6. The van der Waals surface area contributed by atoms with Gasteiger partial charge >= 0.3 is 0 Å². The Morgan fingerprint density at radius 2 is 2.33 bits per heavy atom. The van der Waals surface area contributed by atoms with E-state index in [2.05, 4.69) is 32.9 Å². The van der Waals surface area contributed by atoms with Crippen molar-refractivity contribution in [2.75, 3.05) is 13.1 Å². The first-order valence-electron chi connectivity index (χ1n) is 7.18. The van der Waals surface area contributed by atoms with Crippen LogP contribution in [0.5, 0.6) is 0 Å². The molecule has 1 saturated heterocycles. The molecular formula is C15H21BrFN3O. The highest BCUT2D eigenvalue weighted by atomic mass is 79.9. The van der Waals surface area contributed by atoms with Crippen LogP contribution in [0, 0.1) is 5.82 Å². The van der Waals surface area contributed by atoms with Crippen LogP contribution in [-0.2, 0) is 11.4 Å². The number of nitrogens with two attached hydrogens (primary N) is 1. The van der Waals surface area contributed by atoms with Gasteiger partial charge in [0.15, 0.2) is 5.84 Å². The van der Waals surface area contributed by atoms with Crippen molar-refractivity contribution in [3.8, 4) is 0 Å². The summed E-state index contributed by atoms with van der Waals surface area (Å²) >= 11 is 3.29. The van der Waals surface area contributed by atoms with Crippen LogP contribution < -0.4 is 5.73 Å². The van der Waals surface area contributed by atoms with Crippen molar-refractivity contribution in [1.82, 2.24) is 4.90 Å². The Morgan fingerprint density at radius 1 is 1.52 bits per heavy atom. The third kappa shape index (κ3) is 4.97. The molecular weight excluding hydrogens is 337 g/mol. The molecule has 1 unspecified atom stereocenters. The standard InChI is InChI=1S/C15H21BrFN3O/c1-11-4-2-3-7-20(11)9-15(18)19-21-10-12-5-6-13(17)8-14(12)16/h5-6,8,11H,2-4,7,9-10H2,1H3,(H2,18,19). The third-order valence-corrected chi connectivity index (χ3v) is 4.46. The average molecular weight is 358 g/mol. The topological polar surface area (TPSA) is 50.8 Å². The Morgan fingerprint density at radius 3 is 3.05 bits per heavy atom. The van der Waals surface area contributed by atoms with Crippen molar-refractivity contribution in [2.45, 2.75) is 38.8 Å². The van der Waals surface area contributed by atoms with E-state index in [1.54, 1.807) is 6.07 Å². The molecule has 2 rings (SSSR count). The van der Waals surface area contributed by atoms with Gasteiger partial charge in [-0.1, -0.05) is 33.6 Å². The Kier molecular flexibility index (Phi) is 5.99. The fourth-order valence-electron chi connectivity index (χ4n) is 2.45. The fourth-order valence-corrected chi connectivity index (χ4v) is 2.92. The Bertz CT molecular complexity index is 510. The first kappa shape index (κ1) is 16.2. The molecule has 4 nitrogen and oxygen atoms in total. The molecule has 21 heavy (non-hydrogen) atoms. The molecule has 2 N–H and O–H groups in total. The molecule has 0 saturated carbocycles. The van der Waals surface area contributed by atoms with Crippen LogP contribution in [-0.4, -0.2) is 29.9 Å². The highest BCUT2D eigenvalue weighted by Crippen LogP contribution is 2.19. The molecule has 0 spiro atoms. The quantitative estimate of drug-likeness (QED) is 0.499. The summed E-state index contributed by atoms with van der Waals surface area (Å²) in [5, 5.41) is 3.95. The minimum Gasteiger partial charge on any atom is -0.389 e. The maximum atomic E-state index is 13.0. The maximum Gasteiger partial charge on any atom is 0.153 e. The van der Waals surface area contributed by atoms with Gasteiger partial charge in [0.2, 0.25) is 0 Å². The number of hydrogen-bond acceptors (Lipinski definition) is 3. The largest absolute Gasteiger partial charge is 0.389 e. The van der Waals surface area contributed by atoms with Crippen molar-refractivity contribution in [2.24, 2.45) is 10.9 Å². The van der Waals surface area contributed by atoms with Crippen LogP contribution in [0.2, 0.25) is 0 Å². The van der Waals surface area contributed by atoms with E-state index in [1.807, 2.05) is 0 Å². The second kappa shape index (κ2) is 7.75. The van der Waals surface area contributed by atoms with Crippen molar-refractivity contribution in [3.05, 3.63) is 34.1 Å². The molecule has 1 aromatic rings. The van der Waals surface area contributed by atoms with Gasteiger partial charge in [0, 0.05) is 16.1 Å². The SMILES string of the molecule is CC1CCCCN1CC(N)=NOCc1ccc(F)cc1Br. The summed E-state index contributed by atoms with van der Waals surface area (Å²) in [6, 6.07) is 5.00. The zero-order valence-corrected chi connectivity index (χ0v) is 13.8. The summed E-state index contributed by atoms with van der Waals surface area (Å²) in [5.41, 5.74) is 6.74. The van der Waals surface area contributed by atoms with Gasteiger partial charge < -0.3 is 10.6 Å². The molecule has 0 bridgehead atoms. The zero-order valence-electron chi connectivity index (χ0n) is 12.2. The highest BCUT2D eigenvalue weighted by molar-refractivity contribution is 9.10. The van der Waals surface area contributed by atoms with Gasteiger partial charge in [0.1, 0.15) is 12.4 Å². The van der Waals surface area contributed by atoms with Gasteiger partial charge in [0.25, 0.3) is 0 Å². The number of piperidine rings is 1. The Balaban J connectivity index is 1.83. The first-order valence-corrected chi connectivity index (χ1v) is 7.98. The van der Waals surface area contributed by atoms with Crippen LogP contribution in [0.15, 0.2) is 27.8 Å². The van der Waals surface area contributed by atoms with Crippen molar-refractivity contribution in [1.29, 1.82) is 0 Å². The first-order chi connectivity index (χ1) is 10.1. The third-order valence-electron chi connectivity index (χ3n) is 3.72. The molecule has 1 aliphatic rings. The number of hydrogen-bond donors (Lipinski definition) is 1. The zero-order chi connectivity index (χ0) is 15.2. The molecule has 6 heteroatoms. The van der Waals surface area contributed by atoms with Crippen molar-refractivity contribution >= 4 is 21.8 Å². The van der Waals surface area contributed by atoms with Gasteiger partial charge in [-0.2, -0.15) is 0 Å².